The van der Waals surface area contributed by atoms with E-state index in [-0.39, 0.29) is 11.9 Å². The van der Waals surface area contributed by atoms with Gasteiger partial charge >= 0.3 is 5.97 Å². The van der Waals surface area contributed by atoms with Crippen molar-refractivity contribution in [3.63, 3.8) is 0 Å². The summed E-state index contributed by atoms with van der Waals surface area (Å²) in [6.45, 7) is 1.98. The number of nitrogens with one attached hydrogen (secondary N) is 1. The molecule has 0 amide bonds. The Balaban J connectivity index is 2.36. The van der Waals surface area contributed by atoms with E-state index >= 15 is 0 Å². The van der Waals surface area contributed by atoms with Crippen LogP contribution in [0.5, 0.6) is 0 Å². The van der Waals surface area contributed by atoms with Gasteiger partial charge in [0.15, 0.2) is 0 Å². The molecule has 0 aromatic rings. The van der Waals surface area contributed by atoms with Crippen molar-refractivity contribution >= 4 is 5.97 Å². The van der Waals surface area contributed by atoms with Gasteiger partial charge < -0.3 is 10.1 Å². The van der Waals surface area contributed by atoms with Crippen LogP contribution in [0.2, 0.25) is 0 Å². The molecule has 1 aliphatic rings. The number of hydrogen-bond acceptors (Lipinski definition) is 3. The molecule has 1 fully saturated rings. The van der Waals surface area contributed by atoms with Crippen LogP contribution < -0.4 is 5.32 Å². The zero-order valence-corrected chi connectivity index (χ0v) is 6.93. The number of esters is 1. The molecule has 1 N–H and O–H groups in total. The van der Waals surface area contributed by atoms with Gasteiger partial charge in [-0.2, -0.15) is 0 Å². The molecule has 64 valence electrons. The molecule has 1 atom stereocenters. The lowest BCUT2D eigenvalue weighted by molar-refractivity contribution is -0.145. The normalized spacial score (nSPS) is 25.7. The highest BCUT2D eigenvalue weighted by atomic mass is 16.5. The highest BCUT2D eigenvalue weighted by Crippen LogP contribution is 2.14. The average molecular weight is 157 g/mol. The van der Waals surface area contributed by atoms with Gasteiger partial charge in [-0.15, -0.1) is 0 Å². The molecule has 3 heteroatoms. The molecule has 0 aliphatic carbocycles. The Labute approximate surface area is 67.1 Å². The monoisotopic (exact) mass is 157 g/mol. The highest BCUT2D eigenvalue weighted by Gasteiger charge is 2.19. The van der Waals surface area contributed by atoms with Crippen molar-refractivity contribution < 1.29 is 9.53 Å². The van der Waals surface area contributed by atoms with Crippen molar-refractivity contribution in [2.75, 3.05) is 20.2 Å². The Morgan fingerprint density at radius 3 is 3.00 bits per heavy atom. The predicted octanol–water partition coefficient (Wildman–Crippen LogP) is 0.549. The zero-order chi connectivity index (χ0) is 8.10. The second kappa shape index (κ2) is 4.34. The van der Waals surface area contributed by atoms with Gasteiger partial charge in [-0.25, -0.2) is 0 Å². The zero-order valence-electron chi connectivity index (χ0n) is 6.93. The van der Waals surface area contributed by atoms with E-state index in [0.29, 0.717) is 0 Å². The first kappa shape index (κ1) is 8.53. The number of rotatable bonds is 1. The minimum Gasteiger partial charge on any atom is -0.469 e. The number of methoxy groups -OCH3 is 1. The Kier molecular flexibility index (Phi) is 3.36. The van der Waals surface area contributed by atoms with E-state index in [4.69, 9.17) is 0 Å². The quantitative estimate of drug-likeness (QED) is 0.565. The van der Waals surface area contributed by atoms with Gasteiger partial charge in [-0.1, -0.05) is 0 Å². The van der Waals surface area contributed by atoms with Crippen LogP contribution in [-0.4, -0.2) is 26.2 Å². The molecule has 0 saturated carbocycles. The van der Waals surface area contributed by atoms with E-state index < -0.39 is 0 Å². The third kappa shape index (κ3) is 2.50. The second-order valence-electron chi connectivity index (χ2n) is 2.90. The third-order valence-corrected chi connectivity index (χ3v) is 2.11. The van der Waals surface area contributed by atoms with Gasteiger partial charge in [0, 0.05) is 0 Å². The number of hydrogen-bond donors (Lipinski definition) is 1. The van der Waals surface area contributed by atoms with Gasteiger partial charge in [0.1, 0.15) is 0 Å². The second-order valence-corrected chi connectivity index (χ2v) is 2.90. The van der Waals surface area contributed by atoms with E-state index in [9.17, 15) is 4.79 Å². The van der Waals surface area contributed by atoms with E-state index in [1.54, 1.807) is 0 Å². The van der Waals surface area contributed by atoms with Crippen molar-refractivity contribution in [1.29, 1.82) is 0 Å². The van der Waals surface area contributed by atoms with Gasteiger partial charge in [-0.05, 0) is 32.4 Å². The van der Waals surface area contributed by atoms with Crippen LogP contribution in [0.1, 0.15) is 19.3 Å². The van der Waals surface area contributed by atoms with Gasteiger partial charge in [0.25, 0.3) is 0 Å². The Hall–Kier alpha value is -0.570. The fraction of sp³-hybridized carbons (Fsp3) is 0.875. The van der Waals surface area contributed by atoms with Crippen LogP contribution in [0.4, 0.5) is 0 Å². The van der Waals surface area contributed by atoms with Crippen molar-refractivity contribution in [2.45, 2.75) is 19.3 Å². The van der Waals surface area contributed by atoms with E-state index in [1.165, 1.54) is 7.11 Å². The van der Waals surface area contributed by atoms with Crippen LogP contribution in [0.25, 0.3) is 0 Å². The molecular weight excluding hydrogens is 142 g/mol. The van der Waals surface area contributed by atoms with Gasteiger partial charge in [0.2, 0.25) is 0 Å². The minimum absolute atomic E-state index is 0.0475. The van der Waals surface area contributed by atoms with Crippen molar-refractivity contribution in [3.8, 4) is 0 Å². The topological polar surface area (TPSA) is 38.3 Å². The van der Waals surface area contributed by atoms with Crippen LogP contribution >= 0.6 is 0 Å². The first-order valence-electron chi connectivity index (χ1n) is 4.13. The molecule has 0 radical (unpaired) electrons. The average Bonchev–Trinajstić information content (AvgIpc) is 2.30. The van der Waals surface area contributed by atoms with E-state index in [2.05, 4.69) is 10.1 Å². The fourth-order valence-corrected chi connectivity index (χ4v) is 1.42. The van der Waals surface area contributed by atoms with Crippen LogP contribution in [0.15, 0.2) is 0 Å². The molecule has 0 aromatic heterocycles. The smallest absolute Gasteiger partial charge is 0.308 e. The summed E-state index contributed by atoms with van der Waals surface area (Å²) in [6.07, 6.45) is 2.98. The Morgan fingerprint density at radius 2 is 2.27 bits per heavy atom. The molecule has 11 heavy (non-hydrogen) atoms. The Morgan fingerprint density at radius 1 is 1.45 bits per heavy atom. The molecule has 0 aromatic carbocycles. The molecular formula is C8H15NO2. The maximum absolute atomic E-state index is 11.1. The first-order valence-corrected chi connectivity index (χ1v) is 4.13. The lowest BCUT2D eigenvalue weighted by Crippen LogP contribution is -2.18. The van der Waals surface area contributed by atoms with Crippen LogP contribution in [0.3, 0.4) is 0 Å². The molecule has 0 bridgehead atoms. The summed E-state index contributed by atoms with van der Waals surface area (Å²) in [4.78, 5) is 11.1. The summed E-state index contributed by atoms with van der Waals surface area (Å²) in [5.41, 5.74) is 0. The standard InChI is InChI=1S/C8H15NO2/c1-11-8(10)7-3-2-5-9-6-4-7/h7,9H,2-6H2,1H3/t7-/m0/s1. The highest BCUT2D eigenvalue weighted by molar-refractivity contribution is 5.72. The Bertz CT molecular complexity index is 128. The molecule has 0 unspecified atom stereocenters. The number of ether oxygens (including phenoxy) is 1. The number of carbonyl (C=O) groups excluding carboxylic acids is 1. The summed E-state index contributed by atoms with van der Waals surface area (Å²) in [6, 6.07) is 0. The van der Waals surface area contributed by atoms with Crippen LogP contribution in [0, 0.1) is 5.92 Å². The largest absolute Gasteiger partial charge is 0.469 e. The van der Waals surface area contributed by atoms with E-state index in [1.807, 2.05) is 0 Å². The van der Waals surface area contributed by atoms with E-state index in [0.717, 1.165) is 32.4 Å². The molecule has 1 aliphatic heterocycles. The molecule has 3 nitrogen and oxygen atoms in total. The van der Waals surface area contributed by atoms with Gasteiger partial charge in [0.05, 0.1) is 13.0 Å². The molecule has 0 spiro atoms. The maximum atomic E-state index is 11.1. The summed E-state index contributed by atoms with van der Waals surface area (Å²) in [5, 5.41) is 3.25. The molecule has 1 heterocycles. The number of carbonyl (C=O) groups is 1. The minimum atomic E-state index is -0.0475. The molecule has 1 saturated heterocycles. The maximum Gasteiger partial charge on any atom is 0.308 e. The predicted molar refractivity (Wildman–Crippen MR) is 42.2 cm³/mol. The third-order valence-electron chi connectivity index (χ3n) is 2.11. The lowest BCUT2D eigenvalue weighted by Gasteiger charge is -2.09. The summed E-state index contributed by atoms with van der Waals surface area (Å²) >= 11 is 0. The fourth-order valence-electron chi connectivity index (χ4n) is 1.42. The SMILES string of the molecule is COC(=O)[C@H]1CCCNCC1. The van der Waals surface area contributed by atoms with Crippen molar-refractivity contribution in [1.82, 2.24) is 5.32 Å². The summed E-state index contributed by atoms with van der Waals surface area (Å²) in [7, 11) is 1.46. The first-order chi connectivity index (χ1) is 5.34. The lowest BCUT2D eigenvalue weighted by atomic mass is 10.0. The van der Waals surface area contributed by atoms with Crippen molar-refractivity contribution in [3.05, 3.63) is 0 Å². The van der Waals surface area contributed by atoms with Crippen LogP contribution in [-0.2, 0) is 9.53 Å². The van der Waals surface area contributed by atoms with Crippen molar-refractivity contribution in [2.24, 2.45) is 5.92 Å². The molecule has 1 rings (SSSR count). The summed E-state index contributed by atoms with van der Waals surface area (Å²) < 4.78 is 4.68. The summed E-state index contributed by atoms with van der Waals surface area (Å²) in [5.74, 6) is 0.0868. The van der Waals surface area contributed by atoms with Gasteiger partial charge in [-0.3, -0.25) is 4.79 Å².